The largest absolute Gasteiger partial charge is 0.481 e. The second-order valence-electron chi connectivity index (χ2n) is 7.70. The van der Waals surface area contributed by atoms with Gasteiger partial charge in [0.2, 0.25) is 0 Å². The Bertz CT molecular complexity index is 678. The number of hydrogen-bond acceptors (Lipinski definition) is 4. The average Bonchev–Trinajstić information content (AvgIpc) is 2.56. The van der Waals surface area contributed by atoms with Gasteiger partial charge in [0.25, 0.3) is 0 Å². The van der Waals surface area contributed by atoms with Gasteiger partial charge in [0.05, 0.1) is 5.75 Å². The maximum Gasteiger partial charge on any atom is 0.317 e. The van der Waals surface area contributed by atoms with Crippen molar-refractivity contribution < 1.29 is 24.6 Å². The fourth-order valence-electron chi connectivity index (χ4n) is 2.94. The summed E-state index contributed by atoms with van der Waals surface area (Å²) in [5, 5.41) is 17.1. The van der Waals surface area contributed by atoms with Crippen LogP contribution in [0.4, 0.5) is 0 Å². The number of ketones is 1. The zero-order valence-corrected chi connectivity index (χ0v) is 17.7. The van der Waals surface area contributed by atoms with Crippen LogP contribution in [0.1, 0.15) is 92.8 Å². The van der Waals surface area contributed by atoms with Crippen molar-refractivity contribution in [1.29, 1.82) is 0 Å². The zero-order chi connectivity index (χ0) is 20.9. The van der Waals surface area contributed by atoms with Crippen molar-refractivity contribution in [2.24, 2.45) is 0 Å². The van der Waals surface area contributed by atoms with Crippen molar-refractivity contribution in [2.75, 3.05) is 5.75 Å². The van der Waals surface area contributed by atoms with Crippen molar-refractivity contribution in [3.8, 4) is 0 Å². The molecule has 0 aliphatic heterocycles. The van der Waals surface area contributed by atoms with Crippen LogP contribution in [0.3, 0.4) is 0 Å². The maximum absolute atomic E-state index is 13.1. The highest BCUT2D eigenvalue weighted by Crippen LogP contribution is 2.33. The molecule has 5 nitrogen and oxygen atoms in total. The van der Waals surface area contributed by atoms with Gasteiger partial charge in [-0.05, 0) is 34.4 Å². The van der Waals surface area contributed by atoms with E-state index in [-0.39, 0.29) is 29.8 Å². The molecule has 0 amide bonds. The fraction of sp³-hybridized carbons (Fsp3) is 0.571. The third-order valence-corrected chi connectivity index (χ3v) is 5.65. The lowest BCUT2D eigenvalue weighted by Gasteiger charge is -2.23. The van der Waals surface area contributed by atoms with Gasteiger partial charge in [0.15, 0.2) is 5.78 Å². The summed E-state index contributed by atoms with van der Waals surface area (Å²) in [4.78, 5) is 35.4. The third-order valence-electron chi connectivity index (χ3n) is 4.47. The Kier molecular flexibility index (Phi) is 8.54. The molecule has 0 saturated carbocycles. The Morgan fingerprint density at radius 1 is 0.889 bits per heavy atom. The number of carbonyl (C=O) groups is 3. The van der Waals surface area contributed by atoms with Crippen LogP contribution >= 0.6 is 11.8 Å². The van der Waals surface area contributed by atoms with E-state index in [4.69, 9.17) is 5.11 Å². The van der Waals surface area contributed by atoms with Crippen LogP contribution in [-0.4, -0.2) is 38.9 Å². The first kappa shape index (κ1) is 23.2. The third kappa shape index (κ3) is 6.38. The van der Waals surface area contributed by atoms with Gasteiger partial charge in [-0.15, -0.1) is 11.8 Å². The number of thioether (sulfide) groups is 1. The van der Waals surface area contributed by atoms with Gasteiger partial charge >= 0.3 is 11.9 Å². The first-order valence-electron chi connectivity index (χ1n) is 9.22. The number of Topliss-reactive ketones (excluding diaryl/α,β-unsaturated/α-hetero) is 1. The molecule has 1 atom stereocenters. The first-order valence-corrected chi connectivity index (χ1v) is 10.3. The smallest absolute Gasteiger partial charge is 0.317 e. The first-order chi connectivity index (χ1) is 12.5. The fourth-order valence-corrected chi connectivity index (χ4v) is 3.69. The second kappa shape index (κ2) is 9.93. The van der Waals surface area contributed by atoms with Gasteiger partial charge in [-0.2, -0.15) is 0 Å². The van der Waals surface area contributed by atoms with E-state index in [1.807, 2.05) is 27.7 Å². The maximum atomic E-state index is 13.1. The molecule has 0 spiro atoms. The normalized spacial score (nSPS) is 12.6. The molecule has 150 valence electrons. The predicted molar refractivity (Wildman–Crippen MR) is 109 cm³/mol. The monoisotopic (exact) mass is 394 g/mol. The summed E-state index contributed by atoms with van der Waals surface area (Å²) in [5.41, 5.74) is 3.63. The topological polar surface area (TPSA) is 91.7 Å². The molecule has 0 heterocycles. The molecule has 27 heavy (non-hydrogen) atoms. The summed E-state index contributed by atoms with van der Waals surface area (Å²) in [7, 11) is 0. The Morgan fingerprint density at radius 3 is 1.70 bits per heavy atom. The molecule has 2 N–H and O–H groups in total. The zero-order valence-electron chi connectivity index (χ0n) is 16.9. The van der Waals surface area contributed by atoms with Gasteiger partial charge in [0, 0.05) is 12.0 Å². The Balaban J connectivity index is 3.38. The number of hydrogen-bond donors (Lipinski definition) is 2. The molecule has 0 radical (unpaired) electrons. The quantitative estimate of drug-likeness (QED) is 0.548. The molecular formula is C21H30O5S. The minimum absolute atomic E-state index is 0.120. The van der Waals surface area contributed by atoms with Crippen molar-refractivity contribution in [1.82, 2.24) is 0 Å². The summed E-state index contributed by atoms with van der Waals surface area (Å²) in [6, 6.07) is 4.10. The van der Waals surface area contributed by atoms with Gasteiger partial charge in [-0.25, -0.2) is 0 Å². The SMILES string of the molecule is CC(C)c1cc(C(C)C)c(C(=O)CC(SCC(=O)O)C(=O)O)c(C(C)C)c1. The van der Waals surface area contributed by atoms with E-state index in [0.717, 1.165) is 28.5 Å². The highest BCUT2D eigenvalue weighted by Gasteiger charge is 2.28. The minimum Gasteiger partial charge on any atom is -0.481 e. The molecule has 0 aliphatic carbocycles. The number of carboxylic acid groups (broad SMARTS) is 2. The van der Waals surface area contributed by atoms with E-state index in [9.17, 15) is 19.5 Å². The predicted octanol–water partition coefficient (Wildman–Crippen LogP) is 4.90. The van der Waals surface area contributed by atoms with Crippen molar-refractivity contribution in [2.45, 2.75) is 71.0 Å². The van der Waals surface area contributed by atoms with Crippen LogP contribution < -0.4 is 0 Å². The van der Waals surface area contributed by atoms with Gasteiger partial charge in [0.1, 0.15) is 5.25 Å². The van der Waals surface area contributed by atoms with Crippen LogP contribution in [0, 0.1) is 0 Å². The molecule has 6 heteroatoms. The number of carbonyl (C=O) groups excluding carboxylic acids is 1. The van der Waals surface area contributed by atoms with Gasteiger partial charge in [-0.3, -0.25) is 14.4 Å². The second-order valence-corrected chi connectivity index (χ2v) is 8.89. The van der Waals surface area contributed by atoms with Crippen LogP contribution in [0.25, 0.3) is 0 Å². The standard InChI is InChI=1S/C21H30O5S/c1-11(2)14-7-15(12(3)4)20(16(8-14)13(5)6)17(22)9-18(21(25)26)27-10-19(23)24/h7-8,11-13,18H,9-10H2,1-6H3,(H,23,24)(H,25,26). The minimum atomic E-state index is -1.16. The molecule has 0 fully saturated rings. The lowest BCUT2D eigenvalue weighted by Crippen LogP contribution is -2.24. The molecule has 1 aromatic carbocycles. The number of carboxylic acids is 2. The van der Waals surface area contributed by atoms with Crippen LogP contribution in [0.15, 0.2) is 12.1 Å². The number of benzene rings is 1. The molecule has 0 saturated heterocycles. The summed E-state index contributed by atoms with van der Waals surface area (Å²) >= 11 is 0.777. The molecule has 1 aromatic rings. The molecule has 0 aromatic heterocycles. The average molecular weight is 395 g/mol. The van der Waals surface area contributed by atoms with E-state index in [1.54, 1.807) is 0 Å². The molecular weight excluding hydrogens is 364 g/mol. The molecule has 0 bridgehead atoms. The number of rotatable bonds is 10. The van der Waals surface area contributed by atoms with E-state index >= 15 is 0 Å². The van der Waals surface area contributed by atoms with Crippen molar-refractivity contribution >= 4 is 29.5 Å². The summed E-state index contributed by atoms with van der Waals surface area (Å²) in [5.74, 6) is -2.27. The Hall–Kier alpha value is -1.82. The lowest BCUT2D eigenvalue weighted by atomic mass is 9.82. The highest BCUT2D eigenvalue weighted by molar-refractivity contribution is 8.01. The van der Waals surface area contributed by atoms with Crippen molar-refractivity contribution in [3.63, 3.8) is 0 Å². The Labute approximate surface area is 165 Å². The van der Waals surface area contributed by atoms with Gasteiger partial charge in [-0.1, -0.05) is 53.7 Å². The molecule has 1 unspecified atom stereocenters. The summed E-state index contributed by atoms with van der Waals surface area (Å²) < 4.78 is 0. The lowest BCUT2D eigenvalue weighted by molar-refractivity contribution is -0.136. The number of aliphatic carboxylic acids is 2. The van der Waals surface area contributed by atoms with Crippen LogP contribution in [0.2, 0.25) is 0 Å². The van der Waals surface area contributed by atoms with E-state index in [1.165, 1.54) is 0 Å². The highest BCUT2D eigenvalue weighted by atomic mass is 32.2. The van der Waals surface area contributed by atoms with Crippen molar-refractivity contribution in [3.05, 3.63) is 34.4 Å². The van der Waals surface area contributed by atoms with Crippen LogP contribution in [0.5, 0.6) is 0 Å². The van der Waals surface area contributed by atoms with Gasteiger partial charge < -0.3 is 10.2 Å². The molecule has 0 aliphatic rings. The molecule has 1 rings (SSSR count). The van der Waals surface area contributed by atoms with E-state index in [2.05, 4.69) is 26.0 Å². The summed E-state index contributed by atoms with van der Waals surface area (Å²) in [6.45, 7) is 12.3. The van der Waals surface area contributed by atoms with E-state index in [0.29, 0.717) is 11.5 Å². The van der Waals surface area contributed by atoms with Crippen LogP contribution in [-0.2, 0) is 9.59 Å². The van der Waals surface area contributed by atoms with E-state index < -0.39 is 17.2 Å². The Morgan fingerprint density at radius 2 is 1.37 bits per heavy atom. The summed E-state index contributed by atoms with van der Waals surface area (Å²) in [6.07, 6.45) is -0.215.